The standard InChI is InChI=1S/C24H23N3S/c1-4-10-20(11-5-1)16-17-27-23(18-21-12-6-2-7-13-21)25-26-24(27)28-19-22-14-8-3-9-15-22/h1-15H,16-19H2. The highest BCUT2D eigenvalue weighted by molar-refractivity contribution is 7.98. The maximum absolute atomic E-state index is 4.53. The number of aryl methyl sites for hydroxylation is 1. The first-order chi connectivity index (χ1) is 13.9. The van der Waals surface area contributed by atoms with E-state index < -0.39 is 0 Å². The molecule has 0 atom stereocenters. The zero-order chi connectivity index (χ0) is 19.0. The van der Waals surface area contributed by atoms with Crippen LogP contribution in [0.15, 0.2) is 96.2 Å². The van der Waals surface area contributed by atoms with Gasteiger partial charge >= 0.3 is 0 Å². The van der Waals surface area contributed by atoms with Gasteiger partial charge in [0.1, 0.15) is 5.82 Å². The summed E-state index contributed by atoms with van der Waals surface area (Å²) in [5.41, 5.74) is 3.89. The third-order valence-corrected chi connectivity index (χ3v) is 5.71. The molecule has 4 rings (SSSR count). The average molecular weight is 386 g/mol. The van der Waals surface area contributed by atoms with E-state index in [1.54, 1.807) is 11.8 Å². The van der Waals surface area contributed by atoms with Gasteiger partial charge in [-0.15, -0.1) is 10.2 Å². The predicted octanol–water partition coefficient (Wildman–Crippen LogP) is 5.40. The Bertz CT molecular complexity index is 982. The summed E-state index contributed by atoms with van der Waals surface area (Å²) in [5, 5.41) is 10.0. The molecule has 1 aromatic heterocycles. The number of hydrogen-bond acceptors (Lipinski definition) is 3. The summed E-state index contributed by atoms with van der Waals surface area (Å²) in [6.45, 7) is 0.885. The summed E-state index contributed by atoms with van der Waals surface area (Å²) in [6, 6.07) is 31.6. The van der Waals surface area contributed by atoms with E-state index in [0.717, 1.165) is 36.1 Å². The van der Waals surface area contributed by atoms with Crippen molar-refractivity contribution in [3.8, 4) is 0 Å². The minimum atomic E-state index is 0.800. The number of rotatable bonds is 8. The maximum Gasteiger partial charge on any atom is 0.191 e. The van der Waals surface area contributed by atoms with Crippen LogP contribution in [0, 0.1) is 0 Å². The minimum Gasteiger partial charge on any atom is -0.305 e. The van der Waals surface area contributed by atoms with E-state index in [1.165, 1.54) is 16.7 Å². The van der Waals surface area contributed by atoms with Crippen LogP contribution in [0.4, 0.5) is 0 Å². The van der Waals surface area contributed by atoms with Crippen molar-refractivity contribution in [3.63, 3.8) is 0 Å². The fraction of sp³-hybridized carbons (Fsp3) is 0.167. The van der Waals surface area contributed by atoms with E-state index in [9.17, 15) is 0 Å². The zero-order valence-corrected chi connectivity index (χ0v) is 16.6. The molecule has 0 radical (unpaired) electrons. The van der Waals surface area contributed by atoms with Crippen molar-refractivity contribution in [2.24, 2.45) is 0 Å². The van der Waals surface area contributed by atoms with E-state index in [1.807, 2.05) is 6.07 Å². The molecule has 140 valence electrons. The average Bonchev–Trinajstić information content (AvgIpc) is 3.14. The Morgan fingerprint density at radius 2 is 1.21 bits per heavy atom. The van der Waals surface area contributed by atoms with Crippen molar-refractivity contribution < 1.29 is 0 Å². The number of aromatic nitrogens is 3. The van der Waals surface area contributed by atoms with Crippen LogP contribution >= 0.6 is 11.8 Å². The molecule has 0 fully saturated rings. The highest BCUT2D eigenvalue weighted by Gasteiger charge is 2.13. The van der Waals surface area contributed by atoms with E-state index in [0.29, 0.717) is 0 Å². The van der Waals surface area contributed by atoms with Gasteiger partial charge in [0.25, 0.3) is 0 Å². The van der Waals surface area contributed by atoms with E-state index in [2.05, 4.69) is 99.7 Å². The molecule has 0 N–H and O–H groups in total. The third-order valence-electron chi connectivity index (χ3n) is 4.68. The first-order valence-electron chi connectivity index (χ1n) is 9.55. The van der Waals surface area contributed by atoms with Gasteiger partial charge < -0.3 is 4.57 Å². The van der Waals surface area contributed by atoms with Gasteiger partial charge in [-0.05, 0) is 23.1 Å². The van der Waals surface area contributed by atoms with Gasteiger partial charge in [-0.1, -0.05) is 103 Å². The Morgan fingerprint density at radius 3 is 1.86 bits per heavy atom. The van der Waals surface area contributed by atoms with Crippen molar-refractivity contribution in [3.05, 3.63) is 114 Å². The Balaban J connectivity index is 1.54. The molecule has 0 saturated heterocycles. The second kappa shape index (κ2) is 9.38. The van der Waals surface area contributed by atoms with Crippen LogP contribution in [0.25, 0.3) is 0 Å². The van der Waals surface area contributed by atoms with Crippen LogP contribution in [0.3, 0.4) is 0 Å². The SMILES string of the molecule is c1ccc(CCn2c(Cc3ccccc3)nnc2SCc2ccccc2)cc1. The Morgan fingerprint density at radius 1 is 0.643 bits per heavy atom. The molecule has 0 aliphatic heterocycles. The Hall–Kier alpha value is -2.85. The normalized spacial score (nSPS) is 10.9. The highest BCUT2D eigenvalue weighted by Crippen LogP contribution is 2.23. The molecule has 4 aromatic rings. The maximum atomic E-state index is 4.53. The van der Waals surface area contributed by atoms with Crippen molar-refractivity contribution in [1.82, 2.24) is 14.8 Å². The van der Waals surface area contributed by atoms with Crippen LogP contribution in [-0.4, -0.2) is 14.8 Å². The van der Waals surface area contributed by atoms with Gasteiger partial charge in [0.2, 0.25) is 0 Å². The first kappa shape index (κ1) is 18.5. The van der Waals surface area contributed by atoms with Crippen LogP contribution < -0.4 is 0 Å². The molecule has 0 bridgehead atoms. The summed E-state index contributed by atoms with van der Waals surface area (Å²) >= 11 is 1.76. The number of hydrogen-bond donors (Lipinski definition) is 0. The van der Waals surface area contributed by atoms with Crippen LogP contribution in [0.2, 0.25) is 0 Å². The topological polar surface area (TPSA) is 30.7 Å². The number of nitrogens with zero attached hydrogens (tertiary/aromatic N) is 3. The first-order valence-corrected chi connectivity index (χ1v) is 10.5. The lowest BCUT2D eigenvalue weighted by Gasteiger charge is -2.11. The molecule has 0 saturated carbocycles. The fourth-order valence-electron chi connectivity index (χ4n) is 3.17. The van der Waals surface area contributed by atoms with Crippen LogP contribution in [-0.2, 0) is 25.1 Å². The van der Waals surface area contributed by atoms with Crippen molar-refractivity contribution in [1.29, 1.82) is 0 Å². The molecule has 0 aliphatic rings. The molecular formula is C24H23N3S. The van der Waals surface area contributed by atoms with E-state index in [4.69, 9.17) is 0 Å². The molecule has 3 aromatic carbocycles. The molecule has 1 heterocycles. The summed E-state index contributed by atoms with van der Waals surface area (Å²) in [4.78, 5) is 0. The quantitative estimate of drug-likeness (QED) is 0.380. The summed E-state index contributed by atoms with van der Waals surface area (Å²) in [6.07, 6.45) is 1.77. The van der Waals surface area contributed by atoms with Gasteiger partial charge in [0, 0.05) is 18.7 Å². The van der Waals surface area contributed by atoms with E-state index >= 15 is 0 Å². The van der Waals surface area contributed by atoms with Crippen molar-refractivity contribution in [2.75, 3.05) is 0 Å². The fourth-order valence-corrected chi connectivity index (χ4v) is 4.11. The summed E-state index contributed by atoms with van der Waals surface area (Å²) in [7, 11) is 0. The van der Waals surface area contributed by atoms with Gasteiger partial charge in [-0.2, -0.15) is 0 Å². The Labute approximate surface area is 170 Å². The summed E-state index contributed by atoms with van der Waals surface area (Å²) in [5.74, 6) is 1.92. The smallest absolute Gasteiger partial charge is 0.191 e. The molecule has 28 heavy (non-hydrogen) atoms. The van der Waals surface area contributed by atoms with Gasteiger partial charge in [0.15, 0.2) is 5.16 Å². The number of thioether (sulfide) groups is 1. The molecule has 0 unspecified atom stereocenters. The third kappa shape index (κ3) is 4.90. The number of benzene rings is 3. The lowest BCUT2D eigenvalue weighted by molar-refractivity contribution is 0.609. The van der Waals surface area contributed by atoms with Crippen LogP contribution in [0.1, 0.15) is 22.5 Å². The van der Waals surface area contributed by atoms with Gasteiger partial charge in [-0.25, -0.2) is 0 Å². The summed E-state index contributed by atoms with van der Waals surface area (Å²) < 4.78 is 2.29. The molecule has 3 nitrogen and oxygen atoms in total. The second-order valence-corrected chi connectivity index (χ2v) is 7.67. The molecule has 0 spiro atoms. The van der Waals surface area contributed by atoms with Crippen LogP contribution in [0.5, 0.6) is 0 Å². The lowest BCUT2D eigenvalue weighted by Crippen LogP contribution is -2.08. The largest absolute Gasteiger partial charge is 0.305 e. The van der Waals surface area contributed by atoms with Gasteiger partial charge in [-0.3, -0.25) is 0 Å². The molecule has 4 heteroatoms. The minimum absolute atomic E-state index is 0.800. The Kier molecular flexibility index (Phi) is 6.20. The molecule has 0 aliphatic carbocycles. The van der Waals surface area contributed by atoms with Crippen molar-refractivity contribution in [2.45, 2.75) is 30.3 Å². The highest BCUT2D eigenvalue weighted by atomic mass is 32.2. The second-order valence-electron chi connectivity index (χ2n) is 6.72. The molecular weight excluding hydrogens is 362 g/mol. The zero-order valence-electron chi connectivity index (χ0n) is 15.7. The lowest BCUT2D eigenvalue weighted by atomic mass is 10.1. The molecule has 0 amide bonds. The monoisotopic (exact) mass is 385 g/mol. The van der Waals surface area contributed by atoms with Gasteiger partial charge in [0.05, 0.1) is 0 Å². The van der Waals surface area contributed by atoms with Crippen molar-refractivity contribution >= 4 is 11.8 Å². The predicted molar refractivity (Wildman–Crippen MR) is 115 cm³/mol. The van der Waals surface area contributed by atoms with E-state index in [-0.39, 0.29) is 0 Å².